The van der Waals surface area contributed by atoms with E-state index in [4.69, 9.17) is 0 Å². The molecule has 2 aliphatic heterocycles. The Kier molecular flexibility index (Phi) is 8.21. The maximum Gasteiger partial charge on any atom is 0.380 e. The number of allylic oxidation sites excluding steroid dienone is 6. The van der Waals surface area contributed by atoms with Crippen molar-refractivity contribution >= 4 is 30.8 Å². The Bertz CT molecular complexity index is 2410. The Morgan fingerprint density at radius 2 is 0.830 bits per heavy atom. The van der Waals surface area contributed by atoms with E-state index in [0.717, 1.165) is 22.3 Å². The van der Waals surface area contributed by atoms with Crippen molar-refractivity contribution in [3.8, 4) is 22.3 Å². The van der Waals surface area contributed by atoms with Crippen LogP contribution in [-0.2, 0) is 19.7 Å². The first-order valence-electron chi connectivity index (χ1n) is 17.0. The zero-order valence-electron chi connectivity index (χ0n) is 29.6. The second-order valence-corrected chi connectivity index (χ2v) is 17.6. The van der Waals surface area contributed by atoms with E-state index < -0.39 is 103 Å². The van der Waals surface area contributed by atoms with Crippen molar-refractivity contribution in [3.05, 3.63) is 127 Å². The van der Waals surface area contributed by atoms with Crippen molar-refractivity contribution in [2.75, 3.05) is 0 Å². The molecule has 276 valence electrons. The van der Waals surface area contributed by atoms with Crippen LogP contribution in [0.25, 0.3) is 33.4 Å². The van der Waals surface area contributed by atoms with Crippen LogP contribution in [0.15, 0.2) is 104 Å². The van der Waals surface area contributed by atoms with Gasteiger partial charge in [0.15, 0.2) is 0 Å². The highest BCUT2D eigenvalue weighted by Crippen LogP contribution is 2.67. The minimum atomic E-state index is -6.06. The summed E-state index contributed by atoms with van der Waals surface area (Å²) in [5, 5.41) is 0. The van der Waals surface area contributed by atoms with Crippen LogP contribution in [0.1, 0.15) is 60.1 Å². The minimum absolute atomic E-state index is 0.397. The smallest absolute Gasteiger partial charge is 0.219 e. The van der Waals surface area contributed by atoms with Crippen molar-refractivity contribution in [1.29, 1.82) is 0 Å². The van der Waals surface area contributed by atoms with Crippen molar-refractivity contribution in [1.82, 2.24) is 0 Å². The molecule has 0 aromatic heterocycles. The van der Waals surface area contributed by atoms with Crippen molar-refractivity contribution in [3.63, 3.8) is 0 Å². The lowest BCUT2D eigenvalue weighted by Crippen LogP contribution is -2.49. The predicted octanol–water partition coefficient (Wildman–Crippen LogP) is 11.0. The first-order valence-corrected chi connectivity index (χ1v) is 19.9. The van der Waals surface area contributed by atoms with E-state index in [9.17, 15) is 16.8 Å². The first kappa shape index (κ1) is 36.9. The highest BCUT2D eigenvalue weighted by Gasteiger charge is 2.81. The van der Waals surface area contributed by atoms with E-state index >= 15 is 26.3 Å². The summed E-state index contributed by atoms with van der Waals surface area (Å²) in [5.74, 6) is -17.3. The average molecular weight is 769 g/mol. The molecule has 4 nitrogen and oxygen atoms in total. The molecule has 0 N–H and O–H groups in total. The van der Waals surface area contributed by atoms with Gasteiger partial charge in [-0.1, -0.05) is 74.5 Å². The van der Waals surface area contributed by atoms with Gasteiger partial charge in [-0.3, -0.25) is 0 Å². The van der Waals surface area contributed by atoms with Gasteiger partial charge in [-0.25, -0.2) is 16.8 Å². The van der Waals surface area contributed by atoms with Crippen LogP contribution in [0.2, 0.25) is 0 Å². The molecule has 0 saturated carbocycles. The number of rotatable bonds is 6. The van der Waals surface area contributed by atoms with E-state index in [1.165, 1.54) is 50.2 Å². The van der Waals surface area contributed by atoms with E-state index in [1.807, 2.05) is 0 Å². The lowest BCUT2D eigenvalue weighted by atomic mass is 9.85. The van der Waals surface area contributed by atoms with Crippen LogP contribution in [0.4, 0.5) is 26.3 Å². The quantitative estimate of drug-likeness (QED) is 0.183. The molecule has 0 unspecified atom stereocenters. The molecular formula is C41H34F6O4S2. The van der Waals surface area contributed by atoms with E-state index in [0.29, 0.717) is 22.3 Å². The number of alkyl halides is 6. The largest absolute Gasteiger partial charge is 0.380 e. The molecule has 53 heavy (non-hydrogen) atoms. The molecule has 0 amide bonds. The molecule has 3 aliphatic rings. The van der Waals surface area contributed by atoms with E-state index in [2.05, 4.69) is 0 Å². The fraction of sp³-hybridized carbons (Fsp3) is 0.268. The van der Waals surface area contributed by atoms with Crippen molar-refractivity contribution in [2.45, 2.75) is 81.9 Å². The van der Waals surface area contributed by atoms with Crippen molar-refractivity contribution < 1.29 is 43.2 Å². The Balaban J connectivity index is 1.57. The summed E-state index contributed by atoms with van der Waals surface area (Å²) in [6.45, 7) is 9.78. The summed E-state index contributed by atoms with van der Waals surface area (Å²) in [4.78, 5) is -2.46. The molecule has 0 fully saturated rings. The van der Waals surface area contributed by atoms with Gasteiger partial charge < -0.3 is 0 Å². The van der Waals surface area contributed by atoms with Crippen LogP contribution in [0.5, 0.6) is 0 Å². The van der Waals surface area contributed by atoms with Crippen LogP contribution in [-0.4, -0.2) is 34.6 Å². The fourth-order valence-corrected chi connectivity index (χ4v) is 12.0. The van der Waals surface area contributed by atoms with Gasteiger partial charge in [0.1, 0.15) is 0 Å². The third-order valence-corrected chi connectivity index (χ3v) is 14.8. The molecule has 12 heteroatoms. The standard InChI is InChI=1S/C41H34F6O4S2/c1-7-29-35(27-17-15-25(19-31(27)52(29,48)49)33-21(3)11-9-12-22(33)4)37-38(40(44,45)41(46,47)39(37,42)43)36-28-18-16-26(34-23(5)13-10-14-24(34)6)20-32(28)53(50,51)30(36)8-2/h9-20H,7-8H2,1-6H3. The predicted molar refractivity (Wildman–Crippen MR) is 193 cm³/mol. The van der Waals surface area contributed by atoms with Crippen LogP contribution in [0, 0.1) is 27.7 Å². The molecule has 2 heterocycles. The first-order chi connectivity index (χ1) is 24.7. The Labute approximate surface area is 304 Å². The molecule has 1 aliphatic carbocycles. The summed E-state index contributed by atoms with van der Waals surface area (Å²) in [5.41, 5.74) is -1.39. The molecule has 7 rings (SSSR count). The Hall–Kier alpha value is -4.42. The van der Waals surface area contributed by atoms with Gasteiger partial charge in [-0.2, -0.15) is 26.3 Å². The number of sulfone groups is 2. The molecule has 0 radical (unpaired) electrons. The van der Waals surface area contributed by atoms with Gasteiger partial charge in [0, 0.05) is 33.4 Å². The number of hydrogen-bond donors (Lipinski definition) is 0. The number of aryl methyl sites for hydroxylation is 4. The number of halogens is 6. The monoisotopic (exact) mass is 768 g/mol. The molecule has 0 atom stereocenters. The Morgan fingerprint density at radius 3 is 1.13 bits per heavy atom. The summed E-state index contributed by atoms with van der Waals surface area (Å²) < 4.78 is 154. The second-order valence-electron chi connectivity index (χ2n) is 13.7. The van der Waals surface area contributed by atoms with Crippen LogP contribution >= 0.6 is 0 Å². The maximum absolute atomic E-state index is 16.4. The van der Waals surface area contributed by atoms with Crippen LogP contribution < -0.4 is 0 Å². The van der Waals surface area contributed by atoms with Gasteiger partial charge in [0.2, 0.25) is 19.7 Å². The van der Waals surface area contributed by atoms with Gasteiger partial charge >= 0.3 is 17.8 Å². The topological polar surface area (TPSA) is 68.3 Å². The average Bonchev–Trinajstić information content (AvgIpc) is 3.48. The van der Waals surface area contributed by atoms with Gasteiger partial charge in [0.05, 0.1) is 19.6 Å². The highest BCUT2D eigenvalue weighted by molar-refractivity contribution is 7.96. The molecule has 0 bridgehead atoms. The zero-order chi connectivity index (χ0) is 38.8. The van der Waals surface area contributed by atoms with Gasteiger partial charge in [-0.15, -0.1) is 0 Å². The summed E-state index contributed by atoms with van der Waals surface area (Å²) in [7, 11) is -9.34. The second kappa shape index (κ2) is 11.8. The number of fused-ring (bicyclic) bond motifs is 2. The fourth-order valence-electron chi connectivity index (χ4n) is 8.26. The maximum atomic E-state index is 16.4. The van der Waals surface area contributed by atoms with Crippen molar-refractivity contribution in [2.24, 2.45) is 0 Å². The molecule has 0 saturated heterocycles. The third-order valence-electron chi connectivity index (χ3n) is 10.6. The summed E-state index contributed by atoms with van der Waals surface area (Å²) in [6.07, 6.45) is -0.994. The lowest BCUT2D eigenvalue weighted by Gasteiger charge is -2.26. The summed E-state index contributed by atoms with van der Waals surface area (Å²) in [6, 6.07) is 18.5. The van der Waals surface area contributed by atoms with Gasteiger partial charge in [0.25, 0.3) is 0 Å². The van der Waals surface area contributed by atoms with E-state index in [1.54, 1.807) is 64.1 Å². The lowest BCUT2D eigenvalue weighted by molar-refractivity contribution is -0.263. The normalized spacial score (nSPS) is 20.3. The molecular weight excluding hydrogens is 735 g/mol. The summed E-state index contributed by atoms with van der Waals surface area (Å²) >= 11 is 0. The van der Waals surface area contributed by atoms with Crippen LogP contribution in [0.3, 0.4) is 0 Å². The number of benzene rings is 4. The molecule has 4 aromatic carbocycles. The SMILES string of the molecule is CCC1=C(C2=C(C3=C(CC)S(=O)(=O)c4cc(-c5c(C)cccc5C)ccc43)C(F)(F)C(F)(F)C2(F)F)c2ccc(-c3c(C)cccc3C)cc2S1(=O)=O. The third kappa shape index (κ3) is 4.79. The number of hydrogen-bond acceptors (Lipinski definition) is 4. The van der Waals surface area contributed by atoms with E-state index in [-0.39, 0.29) is 0 Å². The molecule has 0 spiro atoms. The Morgan fingerprint density at radius 1 is 0.509 bits per heavy atom. The van der Waals surface area contributed by atoms with Gasteiger partial charge in [-0.05, 0) is 97.2 Å². The minimum Gasteiger partial charge on any atom is -0.219 e. The highest BCUT2D eigenvalue weighted by atomic mass is 32.2. The zero-order valence-corrected chi connectivity index (χ0v) is 31.2. The molecule has 4 aromatic rings.